The van der Waals surface area contributed by atoms with E-state index in [1.54, 1.807) is 13.0 Å². The van der Waals surface area contributed by atoms with Crippen LogP contribution in [0.4, 0.5) is 11.4 Å². The van der Waals surface area contributed by atoms with E-state index in [0.29, 0.717) is 28.9 Å². The van der Waals surface area contributed by atoms with E-state index >= 15 is 0 Å². The zero-order chi connectivity index (χ0) is 28.1. The topological polar surface area (TPSA) is 94.3 Å². The van der Waals surface area contributed by atoms with E-state index in [2.05, 4.69) is 27.8 Å². The second-order valence-electron chi connectivity index (χ2n) is 10.7. The van der Waals surface area contributed by atoms with E-state index in [1.165, 1.54) is 0 Å². The molecule has 2 heterocycles. The second kappa shape index (κ2) is 12.2. The van der Waals surface area contributed by atoms with Gasteiger partial charge in [0.15, 0.2) is 0 Å². The van der Waals surface area contributed by atoms with Gasteiger partial charge in [0.05, 0.1) is 5.52 Å². The highest BCUT2D eigenvalue weighted by atomic mass is 16.2. The Bertz CT molecular complexity index is 1570. The molecule has 0 aliphatic carbocycles. The number of carbonyl (C=O) groups excluding carboxylic acids is 2. The van der Waals surface area contributed by atoms with Gasteiger partial charge in [0.2, 0.25) is 5.91 Å². The van der Waals surface area contributed by atoms with Crippen LogP contribution >= 0.6 is 0 Å². The Morgan fingerprint density at radius 1 is 0.975 bits per heavy atom. The number of likely N-dealkylation sites (tertiary alicyclic amines) is 1. The summed E-state index contributed by atoms with van der Waals surface area (Å²) in [4.78, 5) is 42.8. The lowest BCUT2D eigenvalue weighted by molar-refractivity contribution is -0.134. The minimum absolute atomic E-state index is 0.00594. The lowest BCUT2D eigenvalue weighted by Gasteiger charge is -2.20. The Hall–Kier alpha value is -4.39. The van der Waals surface area contributed by atoms with Gasteiger partial charge in [-0.3, -0.25) is 14.4 Å². The van der Waals surface area contributed by atoms with Crippen molar-refractivity contribution in [3.63, 3.8) is 0 Å². The number of H-pyrrole nitrogens is 1. The normalized spacial score (nSPS) is 13.8. The second-order valence-corrected chi connectivity index (χ2v) is 10.7. The number of fused-ring (bicyclic) bond motifs is 1. The Labute approximate surface area is 234 Å². The molecule has 0 radical (unpaired) electrons. The molecule has 0 bridgehead atoms. The number of aryl methyl sites for hydroxylation is 1. The van der Waals surface area contributed by atoms with Gasteiger partial charge in [-0.1, -0.05) is 49.4 Å². The Balaban J connectivity index is 1.30. The van der Waals surface area contributed by atoms with Crippen LogP contribution in [0.2, 0.25) is 0 Å². The molecule has 1 saturated heterocycles. The summed E-state index contributed by atoms with van der Waals surface area (Å²) in [7, 11) is 0. The van der Waals surface area contributed by atoms with Gasteiger partial charge in [-0.2, -0.15) is 0 Å². The first kappa shape index (κ1) is 27.2. The number of carbonyl (C=O) groups is 2. The first-order valence-electron chi connectivity index (χ1n) is 14.1. The van der Waals surface area contributed by atoms with Crippen molar-refractivity contribution < 1.29 is 9.59 Å². The molecule has 206 valence electrons. The predicted molar refractivity (Wildman–Crippen MR) is 162 cm³/mol. The van der Waals surface area contributed by atoms with Crippen LogP contribution in [-0.4, -0.2) is 41.3 Å². The number of rotatable bonds is 9. The van der Waals surface area contributed by atoms with Gasteiger partial charge in [0.1, 0.15) is 0 Å². The van der Waals surface area contributed by atoms with Crippen LogP contribution in [0.3, 0.4) is 0 Å². The first-order chi connectivity index (χ1) is 19.4. The van der Waals surface area contributed by atoms with E-state index in [4.69, 9.17) is 0 Å². The first-order valence-corrected chi connectivity index (χ1v) is 14.1. The van der Waals surface area contributed by atoms with Gasteiger partial charge < -0.3 is 20.5 Å². The van der Waals surface area contributed by atoms with E-state index in [0.717, 1.165) is 61.0 Å². The summed E-state index contributed by atoms with van der Waals surface area (Å²) in [6, 6.07) is 23.1. The van der Waals surface area contributed by atoms with E-state index in [1.807, 2.05) is 66.4 Å². The molecule has 1 fully saturated rings. The average Bonchev–Trinajstić information content (AvgIpc) is 3.51. The lowest BCUT2D eigenvalue weighted by atomic mass is 10.0. The van der Waals surface area contributed by atoms with Crippen molar-refractivity contribution in [3.8, 4) is 11.1 Å². The van der Waals surface area contributed by atoms with Gasteiger partial charge in [0.25, 0.3) is 11.5 Å². The standard InChI is InChI=1S/C33H36N4O3/c1-22(33(40)37-17-6-7-18-37)9-8-16-34-30-20-26(13-15-28(30)24-10-4-3-5-11-24)32(39)35-27-14-12-25-19-23(2)31(38)36-29(25)21-27/h3-5,10-15,19-22,34H,6-9,16-18H2,1-2H3,(H,35,39)(H,36,38). The quantitative estimate of drug-likeness (QED) is 0.222. The Morgan fingerprint density at radius 3 is 2.52 bits per heavy atom. The van der Waals surface area contributed by atoms with Crippen LogP contribution in [0.25, 0.3) is 22.0 Å². The highest BCUT2D eigenvalue weighted by molar-refractivity contribution is 6.06. The number of hydrogen-bond acceptors (Lipinski definition) is 4. The van der Waals surface area contributed by atoms with Crippen molar-refractivity contribution in [2.24, 2.45) is 5.92 Å². The van der Waals surface area contributed by atoms with Crippen molar-refractivity contribution in [2.75, 3.05) is 30.3 Å². The third-order valence-corrected chi connectivity index (χ3v) is 7.62. The average molecular weight is 537 g/mol. The van der Waals surface area contributed by atoms with Crippen molar-refractivity contribution >= 4 is 34.1 Å². The highest BCUT2D eigenvalue weighted by Crippen LogP contribution is 2.30. The molecule has 3 aromatic carbocycles. The van der Waals surface area contributed by atoms with Crippen molar-refractivity contribution in [1.82, 2.24) is 9.88 Å². The number of hydrogen-bond donors (Lipinski definition) is 3. The molecule has 1 aromatic heterocycles. The summed E-state index contributed by atoms with van der Waals surface area (Å²) in [6.45, 7) is 6.25. The summed E-state index contributed by atoms with van der Waals surface area (Å²) in [6.07, 6.45) is 3.87. The molecule has 1 aliphatic rings. The Morgan fingerprint density at radius 2 is 1.75 bits per heavy atom. The number of aromatic nitrogens is 1. The number of pyridine rings is 1. The summed E-state index contributed by atoms with van der Waals surface area (Å²) in [5.74, 6) is 0.0294. The zero-order valence-electron chi connectivity index (χ0n) is 23.1. The number of amides is 2. The molecule has 1 atom stereocenters. The molecule has 40 heavy (non-hydrogen) atoms. The molecule has 2 amide bonds. The maximum atomic E-state index is 13.2. The summed E-state index contributed by atoms with van der Waals surface area (Å²) in [5, 5.41) is 7.39. The van der Waals surface area contributed by atoms with E-state index in [-0.39, 0.29) is 23.3 Å². The molecule has 3 N–H and O–H groups in total. The maximum Gasteiger partial charge on any atom is 0.255 e. The van der Waals surface area contributed by atoms with Crippen LogP contribution < -0.4 is 16.2 Å². The van der Waals surface area contributed by atoms with Gasteiger partial charge in [-0.25, -0.2) is 0 Å². The molecule has 5 rings (SSSR count). The minimum Gasteiger partial charge on any atom is -0.385 e. The predicted octanol–water partition coefficient (Wildman–Crippen LogP) is 6.21. The molecule has 7 nitrogen and oxygen atoms in total. The largest absolute Gasteiger partial charge is 0.385 e. The summed E-state index contributed by atoms with van der Waals surface area (Å²) >= 11 is 0. The van der Waals surface area contributed by atoms with E-state index < -0.39 is 0 Å². The van der Waals surface area contributed by atoms with Crippen LogP contribution in [-0.2, 0) is 4.79 Å². The van der Waals surface area contributed by atoms with Crippen LogP contribution in [0.15, 0.2) is 77.6 Å². The van der Waals surface area contributed by atoms with Gasteiger partial charge in [-0.15, -0.1) is 0 Å². The molecule has 0 spiro atoms. The van der Waals surface area contributed by atoms with Crippen molar-refractivity contribution in [2.45, 2.75) is 39.5 Å². The third-order valence-electron chi connectivity index (χ3n) is 7.62. The molecule has 1 unspecified atom stereocenters. The van der Waals surface area contributed by atoms with Gasteiger partial charge in [0, 0.05) is 53.6 Å². The fraction of sp³-hybridized carbons (Fsp3) is 0.303. The molecule has 0 saturated carbocycles. The molecular formula is C33H36N4O3. The van der Waals surface area contributed by atoms with Crippen molar-refractivity contribution in [3.05, 3.63) is 94.3 Å². The number of nitrogens with zero attached hydrogens (tertiary/aromatic N) is 1. The summed E-state index contributed by atoms with van der Waals surface area (Å²) < 4.78 is 0. The number of anilines is 2. The number of aromatic amines is 1. The maximum absolute atomic E-state index is 13.2. The summed E-state index contributed by atoms with van der Waals surface area (Å²) in [5.41, 5.74) is 5.25. The minimum atomic E-state index is -0.235. The smallest absolute Gasteiger partial charge is 0.255 e. The van der Waals surface area contributed by atoms with Crippen molar-refractivity contribution in [1.29, 1.82) is 0 Å². The number of benzene rings is 3. The SMILES string of the molecule is Cc1cc2ccc(NC(=O)c3ccc(-c4ccccc4)c(NCCCC(C)C(=O)N4CCCC4)c3)cc2[nH]c1=O. The lowest BCUT2D eigenvalue weighted by Crippen LogP contribution is -2.32. The van der Waals surface area contributed by atoms with E-state index in [9.17, 15) is 14.4 Å². The fourth-order valence-electron chi connectivity index (χ4n) is 5.30. The van der Waals surface area contributed by atoms with Crippen LogP contribution in [0.5, 0.6) is 0 Å². The highest BCUT2D eigenvalue weighted by Gasteiger charge is 2.22. The molecule has 4 aromatic rings. The fourth-order valence-corrected chi connectivity index (χ4v) is 5.30. The monoisotopic (exact) mass is 536 g/mol. The van der Waals surface area contributed by atoms with Crippen LogP contribution in [0, 0.1) is 12.8 Å². The van der Waals surface area contributed by atoms with Gasteiger partial charge >= 0.3 is 0 Å². The molecular weight excluding hydrogens is 500 g/mol. The zero-order valence-corrected chi connectivity index (χ0v) is 23.1. The molecule has 1 aliphatic heterocycles. The van der Waals surface area contributed by atoms with Gasteiger partial charge in [-0.05, 0) is 73.9 Å². The number of nitrogens with one attached hydrogen (secondary N) is 3. The van der Waals surface area contributed by atoms with Crippen LogP contribution in [0.1, 0.15) is 48.5 Å². The molecule has 7 heteroatoms. The third kappa shape index (κ3) is 6.25. The Kier molecular flexibility index (Phi) is 8.29.